The number of hydrogen-bond acceptors (Lipinski definition) is 2. The molecule has 0 radical (unpaired) electrons. The highest BCUT2D eigenvalue weighted by molar-refractivity contribution is 6.27. The molecule has 1 aromatic rings. The molecule has 0 atom stereocenters. The van der Waals surface area contributed by atoms with Crippen molar-refractivity contribution in [2.24, 2.45) is 0 Å². The summed E-state index contributed by atoms with van der Waals surface area (Å²) in [5.74, 6) is 0.0449. The lowest BCUT2D eigenvalue weighted by Crippen LogP contribution is -2.05. The minimum atomic E-state index is -0.00503. The van der Waals surface area contributed by atoms with Gasteiger partial charge in [0.1, 0.15) is 0 Å². The minimum absolute atomic E-state index is 0.00503. The van der Waals surface area contributed by atoms with Crippen LogP contribution in [0.2, 0.25) is 0 Å². The van der Waals surface area contributed by atoms with Crippen LogP contribution in [-0.2, 0) is 11.2 Å². The third kappa shape index (κ3) is 2.24. The minimum Gasteiger partial charge on any atom is -0.398 e. The first-order valence-electron chi connectivity index (χ1n) is 3.65. The normalized spacial score (nSPS) is 9.75. The SMILES string of the molecule is Nc1ccccc1CC(=O)CCl. The second kappa shape index (κ2) is 4.12. The highest BCUT2D eigenvalue weighted by atomic mass is 35.5. The second-order valence-electron chi connectivity index (χ2n) is 2.55. The van der Waals surface area contributed by atoms with Crippen LogP contribution >= 0.6 is 11.6 Å². The van der Waals surface area contributed by atoms with Gasteiger partial charge in [0.05, 0.1) is 5.88 Å². The molecule has 1 rings (SSSR count). The number of hydrogen-bond donors (Lipinski definition) is 1. The lowest BCUT2D eigenvalue weighted by Gasteiger charge is -2.01. The van der Waals surface area contributed by atoms with E-state index in [2.05, 4.69) is 0 Å². The Hall–Kier alpha value is -1.02. The van der Waals surface area contributed by atoms with Crippen LogP contribution in [-0.4, -0.2) is 11.7 Å². The molecule has 64 valence electrons. The first kappa shape index (κ1) is 9.07. The van der Waals surface area contributed by atoms with E-state index in [0.717, 1.165) is 5.56 Å². The van der Waals surface area contributed by atoms with Crippen LogP contribution < -0.4 is 5.73 Å². The molecule has 0 bridgehead atoms. The average Bonchev–Trinajstić information content (AvgIpc) is 2.09. The summed E-state index contributed by atoms with van der Waals surface area (Å²) in [5.41, 5.74) is 7.13. The summed E-state index contributed by atoms with van der Waals surface area (Å²) in [7, 11) is 0. The van der Waals surface area contributed by atoms with Crippen molar-refractivity contribution >= 4 is 23.1 Å². The molecule has 1 aromatic carbocycles. The van der Waals surface area contributed by atoms with Crippen LogP contribution in [0.4, 0.5) is 5.69 Å². The monoisotopic (exact) mass is 183 g/mol. The Bertz CT molecular complexity index is 286. The van der Waals surface area contributed by atoms with Crippen molar-refractivity contribution in [3.63, 3.8) is 0 Å². The maximum absolute atomic E-state index is 10.9. The van der Waals surface area contributed by atoms with E-state index in [0.29, 0.717) is 12.1 Å². The summed E-state index contributed by atoms with van der Waals surface area (Å²) >= 11 is 5.36. The number of ketones is 1. The topological polar surface area (TPSA) is 43.1 Å². The summed E-state index contributed by atoms with van der Waals surface area (Å²) in [6.45, 7) is 0. The van der Waals surface area contributed by atoms with Crippen molar-refractivity contribution < 1.29 is 4.79 Å². The summed E-state index contributed by atoms with van der Waals surface area (Å²) < 4.78 is 0. The fourth-order valence-electron chi connectivity index (χ4n) is 0.955. The first-order chi connectivity index (χ1) is 5.74. The van der Waals surface area contributed by atoms with Crippen LogP contribution in [0, 0.1) is 0 Å². The lowest BCUT2D eigenvalue weighted by atomic mass is 10.1. The van der Waals surface area contributed by atoms with E-state index >= 15 is 0 Å². The molecule has 2 nitrogen and oxygen atoms in total. The largest absolute Gasteiger partial charge is 0.398 e. The predicted octanol–water partition coefficient (Wildman–Crippen LogP) is 1.62. The zero-order chi connectivity index (χ0) is 8.97. The Morgan fingerprint density at radius 3 is 2.67 bits per heavy atom. The number of halogens is 1. The van der Waals surface area contributed by atoms with Crippen molar-refractivity contribution in [3.05, 3.63) is 29.8 Å². The fraction of sp³-hybridized carbons (Fsp3) is 0.222. The quantitative estimate of drug-likeness (QED) is 0.572. The standard InChI is InChI=1S/C9H10ClNO/c10-6-8(12)5-7-3-1-2-4-9(7)11/h1-4H,5-6,11H2. The Balaban J connectivity index is 2.75. The number of benzene rings is 1. The van der Waals surface area contributed by atoms with E-state index in [1.54, 1.807) is 6.07 Å². The van der Waals surface area contributed by atoms with Crippen LogP contribution in [0.5, 0.6) is 0 Å². The van der Waals surface area contributed by atoms with Crippen molar-refractivity contribution in [2.75, 3.05) is 11.6 Å². The molecule has 0 amide bonds. The summed E-state index contributed by atoms with van der Waals surface area (Å²) in [5, 5.41) is 0. The van der Waals surface area contributed by atoms with Gasteiger partial charge in [0.15, 0.2) is 5.78 Å². The van der Waals surface area contributed by atoms with Crippen LogP contribution in [0.25, 0.3) is 0 Å². The Kier molecular flexibility index (Phi) is 3.11. The molecule has 0 heterocycles. The Morgan fingerprint density at radius 2 is 2.08 bits per heavy atom. The summed E-state index contributed by atoms with van der Waals surface area (Å²) in [4.78, 5) is 10.9. The fourth-order valence-corrected chi connectivity index (χ4v) is 1.05. The van der Waals surface area contributed by atoms with E-state index in [1.807, 2.05) is 18.2 Å². The maximum Gasteiger partial charge on any atom is 0.152 e. The number of rotatable bonds is 3. The van der Waals surface area contributed by atoms with Crippen LogP contribution in [0.3, 0.4) is 0 Å². The molecule has 12 heavy (non-hydrogen) atoms. The van der Waals surface area contributed by atoms with Crippen molar-refractivity contribution in [1.82, 2.24) is 0 Å². The van der Waals surface area contributed by atoms with Gasteiger partial charge in [-0.25, -0.2) is 0 Å². The molecular weight excluding hydrogens is 174 g/mol. The number of carbonyl (C=O) groups excluding carboxylic acids is 1. The van der Waals surface area contributed by atoms with E-state index in [-0.39, 0.29) is 11.7 Å². The van der Waals surface area contributed by atoms with Crippen molar-refractivity contribution in [1.29, 1.82) is 0 Å². The van der Waals surface area contributed by atoms with Gasteiger partial charge >= 0.3 is 0 Å². The van der Waals surface area contributed by atoms with E-state index in [9.17, 15) is 4.79 Å². The first-order valence-corrected chi connectivity index (χ1v) is 4.18. The molecule has 0 aliphatic rings. The highest BCUT2D eigenvalue weighted by Gasteiger charge is 2.03. The maximum atomic E-state index is 10.9. The number of anilines is 1. The molecule has 3 heteroatoms. The molecule has 2 N–H and O–H groups in total. The zero-order valence-corrected chi connectivity index (χ0v) is 7.34. The molecule has 0 saturated carbocycles. The number of nitrogens with two attached hydrogens (primary N) is 1. The molecular formula is C9H10ClNO. The molecule has 0 unspecified atom stereocenters. The smallest absolute Gasteiger partial charge is 0.152 e. The van der Waals surface area contributed by atoms with Crippen molar-refractivity contribution in [2.45, 2.75) is 6.42 Å². The number of alkyl halides is 1. The third-order valence-electron chi connectivity index (χ3n) is 1.59. The van der Waals surface area contributed by atoms with Gasteiger partial charge in [-0.3, -0.25) is 4.79 Å². The third-order valence-corrected chi connectivity index (χ3v) is 1.89. The molecule has 0 saturated heterocycles. The van der Waals surface area contributed by atoms with Gasteiger partial charge in [-0.2, -0.15) is 0 Å². The summed E-state index contributed by atoms with van der Waals surface area (Å²) in [6, 6.07) is 7.30. The van der Waals surface area contributed by atoms with Gasteiger partial charge in [-0.1, -0.05) is 18.2 Å². The molecule has 0 fully saturated rings. The second-order valence-corrected chi connectivity index (χ2v) is 2.82. The van der Waals surface area contributed by atoms with Gasteiger partial charge in [0.2, 0.25) is 0 Å². The van der Waals surface area contributed by atoms with Crippen LogP contribution in [0.15, 0.2) is 24.3 Å². The lowest BCUT2D eigenvalue weighted by molar-refractivity contribution is -0.116. The van der Waals surface area contributed by atoms with E-state index < -0.39 is 0 Å². The Morgan fingerprint density at radius 1 is 1.42 bits per heavy atom. The number of nitrogen functional groups attached to an aromatic ring is 1. The number of carbonyl (C=O) groups is 1. The highest BCUT2D eigenvalue weighted by Crippen LogP contribution is 2.11. The number of para-hydroxylation sites is 1. The van der Waals surface area contributed by atoms with Gasteiger partial charge < -0.3 is 5.73 Å². The molecule has 0 aromatic heterocycles. The number of Topliss-reactive ketones (excluding diaryl/α,β-unsaturated/α-hetero) is 1. The van der Waals surface area contributed by atoms with Crippen molar-refractivity contribution in [3.8, 4) is 0 Å². The van der Waals surface area contributed by atoms with E-state index in [4.69, 9.17) is 17.3 Å². The summed E-state index contributed by atoms with van der Waals surface area (Å²) in [6.07, 6.45) is 0.330. The van der Waals surface area contributed by atoms with Gasteiger partial charge in [0, 0.05) is 12.1 Å². The van der Waals surface area contributed by atoms with Gasteiger partial charge in [0.25, 0.3) is 0 Å². The predicted molar refractivity (Wildman–Crippen MR) is 50.3 cm³/mol. The Labute approximate surface area is 76.3 Å². The van der Waals surface area contributed by atoms with Crippen LogP contribution in [0.1, 0.15) is 5.56 Å². The zero-order valence-electron chi connectivity index (χ0n) is 6.59. The molecule has 0 aliphatic heterocycles. The van der Waals surface area contributed by atoms with Gasteiger partial charge in [-0.05, 0) is 11.6 Å². The molecule has 0 aliphatic carbocycles. The van der Waals surface area contributed by atoms with Gasteiger partial charge in [-0.15, -0.1) is 11.6 Å². The van der Waals surface area contributed by atoms with E-state index in [1.165, 1.54) is 0 Å². The molecule has 0 spiro atoms. The average molecular weight is 184 g/mol.